The molecule has 0 fully saturated rings. The number of hydrogen-bond acceptors (Lipinski definition) is 2. The van der Waals surface area contributed by atoms with Crippen LogP contribution in [0, 0.1) is 0 Å². The molecule has 1 N–H and O–H groups in total. The van der Waals surface area contributed by atoms with E-state index in [9.17, 15) is 4.79 Å². The Kier molecular flexibility index (Phi) is 2.49. The molecule has 0 aliphatic rings. The van der Waals surface area contributed by atoms with Crippen LogP contribution >= 0.6 is 11.6 Å². The molecule has 1 aromatic carbocycles. The topological polar surface area (TPSA) is 29.1 Å². The van der Waals surface area contributed by atoms with Crippen LogP contribution in [-0.4, -0.2) is 13.3 Å². The first-order valence-corrected chi connectivity index (χ1v) is 3.58. The Bertz CT molecular complexity index is 273. The Morgan fingerprint density at radius 1 is 1.55 bits per heavy atom. The van der Waals surface area contributed by atoms with Crippen molar-refractivity contribution in [2.24, 2.45) is 0 Å². The molecular formula is C8H8ClNO. The fourth-order valence-electron chi connectivity index (χ4n) is 0.808. The molecule has 1 rings (SSSR count). The van der Waals surface area contributed by atoms with Gasteiger partial charge in [0.2, 0.25) is 0 Å². The van der Waals surface area contributed by atoms with Crippen molar-refractivity contribution in [1.29, 1.82) is 0 Å². The minimum absolute atomic E-state index is 0.623. The van der Waals surface area contributed by atoms with Crippen molar-refractivity contribution in [1.82, 2.24) is 0 Å². The Morgan fingerprint density at radius 3 is 2.82 bits per heavy atom. The maximum Gasteiger partial charge on any atom is 0.150 e. The summed E-state index contributed by atoms with van der Waals surface area (Å²) in [6.45, 7) is 0. The summed E-state index contributed by atoms with van der Waals surface area (Å²) < 4.78 is 0. The standard InChI is InChI=1S/C8H8ClNO/c1-10-8-4-6(5-11)2-3-7(8)9/h2-5,10H,1H3. The van der Waals surface area contributed by atoms with Gasteiger partial charge in [-0.15, -0.1) is 0 Å². The molecule has 0 atom stereocenters. The molecule has 58 valence electrons. The summed E-state index contributed by atoms with van der Waals surface area (Å²) >= 11 is 5.77. The van der Waals surface area contributed by atoms with Gasteiger partial charge in [-0.2, -0.15) is 0 Å². The molecule has 0 heterocycles. The first kappa shape index (κ1) is 8.08. The van der Waals surface area contributed by atoms with Gasteiger partial charge in [-0.25, -0.2) is 0 Å². The van der Waals surface area contributed by atoms with Crippen LogP contribution in [0.4, 0.5) is 5.69 Å². The number of halogens is 1. The van der Waals surface area contributed by atoms with Crippen molar-refractivity contribution in [2.75, 3.05) is 12.4 Å². The van der Waals surface area contributed by atoms with Crippen LogP contribution in [0.15, 0.2) is 18.2 Å². The quantitative estimate of drug-likeness (QED) is 0.688. The number of nitrogens with one attached hydrogen (secondary N) is 1. The van der Waals surface area contributed by atoms with Gasteiger partial charge in [-0.05, 0) is 12.1 Å². The average molecular weight is 170 g/mol. The zero-order chi connectivity index (χ0) is 8.27. The van der Waals surface area contributed by atoms with Crippen LogP contribution in [0.2, 0.25) is 5.02 Å². The second-order valence-corrected chi connectivity index (χ2v) is 2.51. The second-order valence-electron chi connectivity index (χ2n) is 2.11. The van der Waals surface area contributed by atoms with Crippen molar-refractivity contribution in [3.8, 4) is 0 Å². The van der Waals surface area contributed by atoms with E-state index in [2.05, 4.69) is 5.32 Å². The molecule has 0 unspecified atom stereocenters. The fourth-order valence-corrected chi connectivity index (χ4v) is 1.02. The summed E-state index contributed by atoms with van der Waals surface area (Å²) in [6, 6.07) is 5.07. The van der Waals surface area contributed by atoms with Gasteiger partial charge in [-0.1, -0.05) is 17.7 Å². The number of carbonyl (C=O) groups excluding carboxylic acids is 1. The highest BCUT2D eigenvalue weighted by Gasteiger charge is 1.97. The Hall–Kier alpha value is -1.02. The van der Waals surface area contributed by atoms with Crippen molar-refractivity contribution >= 4 is 23.6 Å². The summed E-state index contributed by atoms with van der Waals surface area (Å²) in [5, 5.41) is 3.50. The first-order valence-electron chi connectivity index (χ1n) is 3.20. The van der Waals surface area contributed by atoms with E-state index in [1.54, 1.807) is 25.2 Å². The van der Waals surface area contributed by atoms with Gasteiger partial charge >= 0.3 is 0 Å². The molecule has 0 radical (unpaired) electrons. The highest BCUT2D eigenvalue weighted by atomic mass is 35.5. The zero-order valence-corrected chi connectivity index (χ0v) is 6.85. The molecule has 0 aliphatic heterocycles. The van der Waals surface area contributed by atoms with Crippen LogP contribution in [0.5, 0.6) is 0 Å². The fraction of sp³-hybridized carbons (Fsp3) is 0.125. The predicted octanol–water partition coefficient (Wildman–Crippen LogP) is 2.19. The predicted molar refractivity (Wildman–Crippen MR) is 46.4 cm³/mol. The second kappa shape index (κ2) is 3.39. The number of anilines is 1. The molecule has 0 saturated heterocycles. The van der Waals surface area contributed by atoms with Gasteiger partial charge in [0, 0.05) is 12.6 Å². The van der Waals surface area contributed by atoms with Gasteiger partial charge < -0.3 is 5.32 Å². The lowest BCUT2D eigenvalue weighted by atomic mass is 10.2. The monoisotopic (exact) mass is 169 g/mol. The number of rotatable bonds is 2. The smallest absolute Gasteiger partial charge is 0.150 e. The lowest BCUT2D eigenvalue weighted by Crippen LogP contribution is -1.90. The number of hydrogen-bond donors (Lipinski definition) is 1. The third-order valence-electron chi connectivity index (χ3n) is 1.40. The number of carbonyl (C=O) groups is 1. The molecule has 0 bridgehead atoms. The van der Waals surface area contributed by atoms with Gasteiger partial charge in [-0.3, -0.25) is 4.79 Å². The molecule has 11 heavy (non-hydrogen) atoms. The normalized spacial score (nSPS) is 9.27. The molecule has 0 saturated carbocycles. The molecule has 3 heteroatoms. The summed E-state index contributed by atoms with van der Waals surface area (Å²) in [5.41, 5.74) is 1.40. The van der Waals surface area contributed by atoms with E-state index < -0.39 is 0 Å². The van der Waals surface area contributed by atoms with Crippen molar-refractivity contribution < 1.29 is 4.79 Å². The Morgan fingerprint density at radius 2 is 2.27 bits per heavy atom. The highest BCUT2D eigenvalue weighted by Crippen LogP contribution is 2.21. The van der Waals surface area contributed by atoms with E-state index in [1.165, 1.54) is 0 Å². The highest BCUT2D eigenvalue weighted by molar-refractivity contribution is 6.33. The number of benzene rings is 1. The Labute approximate surface area is 70.2 Å². The van der Waals surface area contributed by atoms with Gasteiger partial charge in [0.1, 0.15) is 6.29 Å². The lowest BCUT2D eigenvalue weighted by molar-refractivity contribution is 0.112. The van der Waals surface area contributed by atoms with Crippen LogP contribution in [0.25, 0.3) is 0 Å². The SMILES string of the molecule is CNc1cc(C=O)ccc1Cl. The largest absolute Gasteiger partial charge is 0.387 e. The van der Waals surface area contributed by atoms with Crippen LogP contribution < -0.4 is 5.32 Å². The molecule has 0 aromatic heterocycles. The molecule has 1 aromatic rings. The number of aldehydes is 1. The lowest BCUT2D eigenvalue weighted by Gasteiger charge is -2.02. The third-order valence-corrected chi connectivity index (χ3v) is 1.73. The van der Waals surface area contributed by atoms with Crippen molar-refractivity contribution in [3.63, 3.8) is 0 Å². The molecule has 0 spiro atoms. The van der Waals surface area contributed by atoms with Crippen LogP contribution in [-0.2, 0) is 0 Å². The van der Waals surface area contributed by atoms with Gasteiger partial charge in [0.25, 0.3) is 0 Å². The summed E-state index contributed by atoms with van der Waals surface area (Å²) in [5.74, 6) is 0. The van der Waals surface area contributed by atoms with Gasteiger partial charge in [0.15, 0.2) is 0 Å². The maximum absolute atomic E-state index is 10.3. The van der Waals surface area contributed by atoms with E-state index in [0.29, 0.717) is 10.6 Å². The minimum atomic E-state index is 0.623. The molecule has 0 aliphatic carbocycles. The average Bonchev–Trinajstić information content (AvgIpc) is 2.05. The summed E-state index contributed by atoms with van der Waals surface area (Å²) in [6.07, 6.45) is 0.789. The zero-order valence-electron chi connectivity index (χ0n) is 6.10. The molecular weight excluding hydrogens is 162 g/mol. The van der Waals surface area contributed by atoms with E-state index >= 15 is 0 Å². The molecule has 2 nitrogen and oxygen atoms in total. The summed E-state index contributed by atoms with van der Waals surface area (Å²) in [4.78, 5) is 10.3. The van der Waals surface area contributed by atoms with Crippen molar-refractivity contribution in [3.05, 3.63) is 28.8 Å². The van der Waals surface area contributed by atoms with Crippen LogP contribution in [0.3, 0.4) is 0 Å². The van der Waals surface area contributed by atoms with E-state index in [4.69, 9.17) is 11.6 Å². The van der Waals surface area contributed by atoms with Crippen molar-refractivity contribution in [2.45, 2.75) is 0 Å². The van der Waals surface area contributed by atoms with E-state index in [1.807, 2.05) is 0 Å². The van der Waals surface area contributed by atoms with Gasteiger partial charge in [0.05, 0.1) is 10.7 Å². The molecule has 0 amide bonds. The first-order chi connectivity index (χ1) is 5.27. The third kappa shape index (κ3) is 1.71. The van der Waals surface area contributed by atoms with E-state index in [0.717, 1.165) is 12.0 Å². The van der Waals surface area contributed by atoms with E-state index in [-0.39, 0.29) is 0 Å². The van der Waals surface area contributed by atoms with Crippen LogP contribution in [0.1, 0.15) is 10.4 Å². The minimum Gasteiger partial charge on any atom is -0.387 e. The Balaban J connectivity index is 3.12. The maximum atomic E-state index is 10.3. The summed E-state index contributed by atoms with van der Waals surface area (Å²) in [7, 11) is 1.76.